The molecule has 4 nitrogen and oxygen atoms in total. The molecule has 0 atom stereocenters. The largest absolute Gasteiger partial charge is 0.466 e. The van der Waals surface area contributed by atoms with Crippen molar-refractivity contribution in [2.75, 3.05) is 13.2 Å². The smallest absolute Gasteiger partial charge is 0.305 e. The maximum Gasteiger partial charge on any atom is 0.305 e. The van der Waals surface area contributed by atoms with Crippen LogP contribution in [0.5, 0.6) is 0 Å². The Morgan fingerprint density at radius 2 is 0.763 bits per heavy atom. The molecule has 0 aliphatic carbocycles. The third-order valence-electron chi connectivity index (χ3n) is 6.85. The summed E-state index contributed by atoms with van der Waals surface area (Å²) in [6, 6.07) is 0. The van der Waals surface area contributed by atoms with Gasteiger partial charge in [0.05, 0.1) is 13.2 Å². The first-order valence-electron chi connectivity index (χ1n) is 16.6. The Morgan fingerprint density at radius 3 is 1.16 bits per heavy atom. The second-order valence-corrected chi connectivity index (χ2v) is 12.0. The van der Waals surface area contributed by atoms with Crippen LogP contribution in [0.1, 0.15) is 183 Å². The highest BCUT2D eigenvalue weighted by Crippen LogP contribution is 2.13. The fourth-order valence-electron chi connectivity index (χ4n) is 4.28. The topological polar surface area (TPSA) is 52.6 Å². The van der Waals surface area contributed by atoms with Gasteiger partial charge in [0.25, 0.3) is 0 Å². The van der Waals surface area contributed by atoms with Crippen molar-refractivity contribution in [3.8, 4) is 0 Å². The normalized spacial score (nSPS) is 10.9. The van der Waals surface area contributed by atoms with E-state index >= 15 is 0 Å². The summed E-state index contributed by atoms with van der Waals surface area (Å²) >= 11 is 0. The minimum atomic E-state index is -0.149. The van der Waals surface area contributed by atoms with Gasteiger partial charge < -0.3 is 9.47 Å². The van der Waals surface area contributed by atoms with Crippen LogP contribution in [0, 0.1) is 11.8 Å². The summed E-state index contributed by atoms with van der Waals surface area (Å²) in [4.78, 5) is 23.2. The average molecular weight is 541 g/mol. The number of carbonyl (C=O) groups excluding carboxylic acids is 2. The Morgan fingerprint density at radius 1 is 0.447 bits per heavy atom. The molecule has 0 saturated carbocycles. The van der Waals surface area contributed by atoms with Gasteiger partial charge in [-0.25, -0.2) is 0 Å². The Kier molecular flexibility index (Phi) is 33.1. The molecule has 0 rings (SSSR count). The molecule has 0 radical (unpaired) electrons. The second kappa shape index (κ2) is 32.2. The van der Waals surface area contributed by atoms with Crippen molar-refractivity contribution in [3.63, 3.8) is 0 Å². The van der Waals surface area contributed by atoms with Crippen molar-refractivity contribution < 1.29 is 19.1 Å². The molecule has 228 valence electrons. The van der Waals surface area contributed by atoms with E-state index < -0.39 is 0 Å². The van der Waals surface area contributed by atoms with Crippen molar-refractivity contribution in [1.29, 1.82) is 0 Å². The van der Waals surface area contributed by atoms with Crippen LogP contribution in [-0.4, -0.2) is 25.2 Å². The van der Waals surface area contributed by atoms with Gasteiger partial charge in [-0.05, 0) is 37.5 Å². The summed E-state index contributed by atoms with van der Waals surface area (Å²) in [5.74, 6) is 1.45. The molecule has 0 amide bonds. The number of hydrogen-bond acceptors (Lipinski definition) is 4. The molecule has 0 N–H and O–H groups in total. The molecule has 0 aromatic rings. The second-order valence-electron chi connectivity index (χ2n) is 12.0. The number of unbranched alkanes of at least 4 members (excludes halogenated alkanes) is 14. The summed E-state index contributed by atoms with van der Waals surface area (Å²) in [5.41, 5.74) is 0. The predicted molar refractivity (Wildman–Crippen MR) is 165 cm³/mol. The lowest BCUT2D eigenvalue weighted by atomic mass is 10.0. The Hall–Kier alpha value is -1.06. The van der Waals surface area contributed by atoms with E-state index in [4.69, 9.17) is 9.47 Å². The quantitative estimate of drug-likeness (QED) is 0.0808. The fraction of sp³-hybridized carbons (Fsp3) is 0.941. The van der Waals surface area contributed by atoms with Crippen LogP contribution >= 0.6 is 0 Å². The average Bonchev–Trinajstić information content (AvgIpc) is 2.87. The van der Waals surface area contributed by atoms with Crippen molar-refractivity contribution in [3.05, 3.63) is 0 Å². The van der Waals surface area contributed by atoms with Crippen LogP contribution in [-0.2, 0) is 19.1 Å². The highest BCUT2D eigenvalue weighted by Gasteiger charge is 2.06. The lowest BCUT2D eigenvalue weighted by molar-refractivity contribution is -0.146. The van der Waals surface area contributed by atoms with Crippen molar-refractivity contribution in [2.24, 2.45) is 11.8 Å². The van der Waals surface area contributed by atoms with Crippen LogP contribution in [0.2, 0.25) is 0 Å². The molecule has 38 heavy (non-hydrogen) atoms. The zero-order valence-corrected chi connectivity index (χ0v) is 26.8. The molecular formula is C34H68O4. The lowest BCUT2D eigenvalue weighted by Crippen LogP contribution is -2.08. The minimum absolute atomic E-state index is 0.138. The first kappa shape index (κ1) is 39.1. The summed E-state index contributed by atoms with van der Waals surface area (Å²) < 4.78 is 10.4. The van der Waals surface area contributed by atoms with Crippen LogP contribution in [0.4, 0.5) is 0 Å². The van der Waals surface area contributed by atoms with Crippen LogP contribution < -0.4 is 0 Å². The van der Waals surface area contributed by atoms with Gasteiger partial charge in [0, 0.05) is 12.8 Å². The maximum absolute atomic E-state index is 11.7. The first-order valence-corrected chi connectivity index (χ1v) is 16.6. The van der Waals surface area contributed by atoms with Crippen LogP contribution in [0.15, 0.2) is 0 Å². The summed E-state index contributed by atoms with van der Waals surface area (Å²) in [6.07, 6.45) is 25.3. The van der Waals surface area contributed by atoms with Gasteiger partial charge in [0.15, 0.2) is 0 Å². The molecule has 0 saturated heterocycles. The highest BCUT2D eigenvalue weighted by molar-refractivity contribution is 5.70. The minimum Gasteiger partial charge on any atom is -0.466 e. The third-order valence-corrected chi connectivity index (χ3v) is 6.85. The maximum atomic E-state index is 11.7. The molecule has 0 spiro atoms. The number of esters is 2. The highest BCUT2D eigenvalue weighted by atomic mass is 16.5. The Bertz CT molecular complexity index is 487. The molecule has 0 heterocycles. The predicted octanol–water partition coefficient (Wildman–Crippen LogP) is 11.0. The molecule has 0 aliphatic rings. The standard InChI is InChI=1S/C24H46O4.C10H22/c1-4-5-15-20-27-23(25)18-13-14-19-24(26)28-21-16-11-9-7-6-8-10-12-17-22(2)3;1-4-5-6-7-8-9-10(2)3/h22H,4-21H2,1-3H3;10H,4-9H2,1-3H3. The van der Waals surface area contributed by atoms with Crippen molar-refractivity contribution >= 4 is 11.9 Å². The van der Waals surface area contributed by atoms with Gasteiger partial charge in [-0.15, -0.1) is 0 Å². The third kappa shape index (κ3) is 37.1. The van der Waals surface area contributed by atoms with Gasteiger partial charge >= 0.3 is 11.9 Å². The molecule has 0 fully saturated rings. The number of carbonyl (C=O) groups is 2. The van der Waals surface area contributed by atoms with E-state index in [9.17, 15) is 9.59 Å². The van der Waals surface area contributed by atoms with E-state index in [-0.39, 0.29) is 11.9 Å². The monoisotopic (exact) mass is 541 g/mol. The summed E-state index contributed by atoms with van der Waals surface area (Å²) in [7, 11) is 0. The zero-order valence-electron chi connectivity index (χ0n) is 26.8. The SMILES string of the molecule is CCCCCCCC(C)C.CCCCCOC(=O)CCCCC(=O)OCCCCCCCCCCC(C)C. The molecule has 0 unspecified atom stereocenters. The van der Waals surface area contributed by atoms with E-state index in [1.165, 1.54) is 83.5 Å². The Labute approximate surface area is 238 Å². The van der Waals surface area contributed by atoms with Gasteiger partial charge in [0.1, 0.15) is 0 Å². The molecular weight excluding hydrogens is 472 g/mol. The Balaban J connectivity index is 0. The van der Waals surface area contributed by atoms with E-state index in [2.05, 4.69) is 41.5 Å². The summed E-state index contributed by atoms with van der Waals surface area (Å²) in [6.45, 7) is 14.6. The zero-order chi connectivity index (χ0) is 28.7. The fourth-order valence-corrected chi connectivity index (χ4v) is 4.28. The molecule has 0 aromatic heterocycles. The van der Waals surface area contributed by atoms with Gasteiger partial charge in [-0.3, -0.25) is 9.59 Å². The van der Waals surface area contributed by atoms with E-state index in [1.807, 2.05) is 0 Å². The lowest BCUT2D eigenvalue weighted by Gasteiger charge is -2.06. The van der Waals surface area contributed by atoms with Gasteiger partial charge in [-0.1, -0.05) is 144 Å². The summed E-state index contributed by atoms with van der Waals surface area (Å²) in [5, 5.41) is 0. The molecule has 4 heteroatoms. The number of hydrogen-bond donors (Lipinski definition) is 0. The van der Waals surface area contributed by atoms with Crippen LogP contribution in [0.25, 0.3) is 0 Å². The number of ether oxygens (including phenoxy) is 2. The van der Waals surface area contributed by atoms with Gasteiger partial charge in [-0.2, -0.15) is 0 Å². The van der Waals surface area contributed by atoms with E-state index in [1.54, 1.807) is 0 Å². The van der Waals surface area contributed by atoms with E-state index in [0.717, 1.165) is 43.9 Å². The molecule has 0 aliphatic heterocycles. The first-order chi connectivity index (χ1) is 18.3. The van der Waals surface area contributed by atoms with Crippen LogP contribution in [0.3, 0.4) is 0 Å². The molecule has 0 aromatic carbocycles. The van der Waals surface area contributed by atoms with Crippen molar-refractivity contribution in [2.45, 2.75) is 183 Å². The molecule has 0 bridgehead atoms. The number of rotatable bonds is 26. The van der Waals surface area contributed by atoms with E-state index in [0.29, 0.717) is 38.9 Å². The van der Waals surface area contributed by atoms with Gasteiger partial charge in [0.2, 0.25) is 0 Å². The van der Waals surface area contributed by atoms with Crippen molar-refractivity contribution in [1.82, 2.24) is 0 Å².